The molecule has 3 atom stereocenters. The second kappa shape index (κ2) is 18.2. The van der Waals surface area contributed by atoms with E-state index in [9.17, 15) is 22.8 Å². The summed E-state index contributed by atoms with van der Waals surface area (Å²) in [6.45, 7) is 10.7. The zero-order valence-corrected chi connectivity index (χ0v) is 42.0. The number of terminal acetylenes is 1. The standard InChI is InChI=1S/C52H54F2N10O8S/c1-8-36-39(53)21-14-30-10-9-11-37(40(30)36)42-41(54)43-38(24-55-42)45(62-25-33-17-18-34(26-62)64(33)49(67)72-51(5,6)7)59-47(58-43)70-28-52(22-23-61(27-52)48(66)71-50(2,3)4)46(65)57-32-15-19-35(20-16-32)73(68,69)63-29-56-44(60-63)31-12-13-31/h1,9-11,14-16,19-21,24,29,31,33-34H,12-13,17-18,22-23,25-28H2,2-7H3,(H,57,65). The molecule has 1 N–H and O–H groups in total. The van der Waals surface area contributed by atoms with Gasteiger partial charge in [0.15, 0.2) is 11.6 Å². The Hall–Kier alpha value is -7.47. The quantitative estimate of drug-likeness (QED) is 0.129. The first kappa shape index (κ1) is 49.1. The Balaban J connectivity index is 1.01. The van der Waals surface area contributed by atoms with E-state index in [0.29, 0.717) is 37.1 Å². The number of amides is 3. The van der Waals surface area contributed by atoms with Crippen LogP contribution in [0.3, 0.4) is 0 Å². The average molecular weight is 1020 g/mol. The number of hydrogen-bond donors (Lipinski definition) is 1. The smallest absolute Gasteiger partial charge is 0.410 e. The molecule has 3 unspecified atom stereocenters. The normalized spacial score (nSPS) is 20.1. The molecule has 10 rings (SSSR count). The van der Waals surface area contributed by atoms with Crippen LogP contribution in [0.2, 0.25) is 0 Å². The summed E-state index contributed by atoms with van der Waals surface area (Å²) in [5, 5.41) is 8.14. The predicted molar refractivity (Wildman–Crippen MR) is 265 cm³/mol. The lowest BCUT2D eigenvalue weighted by Gasteiger charge is -2.42. The van der Waals surface area contributed by atoms with Gasteiger partial charge in [0.25, 0.3) is 10.0 Å². The van der Waals surface area contributed by atoms with Crippen LogP contribution in [0, 0.1) is 29.4 Å². The minimum absolute atomic E-state index is 0.0595. The number of aromatic nitrogens is 6. The van der Waals surface area contributed by atoms with E-state index in [0.717, 1.165) is 16.9 Å². The monoisotopic (exact) mass is 1020 g/mol. The molecule has 3 amide bonds. The molecule has 3 saturated heterocycles. The van der Waals surface area contributed by atoms with Gasteiger partial charge in [-0.25, -0.2) is 23.4 Å². The fourth-order valence-corrected chi connectivity index (χ4v) is 10.9. The predicted octanol–water partition coefficient (Wildman–Crippen LogP) is 8.04. The molecule has 380 valence electrons. The van der Waals surface area contributed by atoms with E-state index < -0.39 is 63.0 Å². The molecular formula is C52H54F2N10O8S. The third kappa shape index (κ3) is 9.55. The number of piperazine rings is 1. The van der Waals surface area contributed by atoms with Crippen molar-refractivity contribution in [3.05, 3.63) is 90.1 Å². The molecular weight excluding hydrogens is 963 g/mol. The molecule has 3 aliphatic heterocycles. The summed E-state index contributed by atoms with van der Waals surface area (Å²) in [6, 6.07) is 12.6. The molecule has 6 aromatic rings. The molecule has 3 aromatic carbocycles. The highest BCUT2D eigenvalue weighted by molar-refractivity contribution is 7.89. The molecule has 1 saturated carbocycles. The molecule has 1 aliphatic carbocycles. The van der Waals surface area contributed by atoms with Crippen LogP contribution in [0.15, 0.2) is 72.0 Å². The number of benzene rings is 3. The summed E-state index contributed by atoms with van der Waals surface area (Å²) in [4.78, 5) is 64.9. The third-order valence-electron chi connectivity index (χ3n) is 13.5. The maximum atomic E-state index is 17.5. The van der Waals surface area contributed by atoms with Crippen LogP contribution in [0.1, 0.15) is 91.0 Å². The highest BCUT2D eigenvalue weighted by atomic mass is 32.2. The highest BCUT2D eigenvalue weighted by Gasteiger charge is 2.49. The first-order valence-corrected chi connectivity index (χ1v) is 25.6. The summed E-state index contributed by atoms with van der Waals surface area (Å²) >= 11 is 0. The van der Waals surface area contributed by atoms with Crippen molar-refractivity contribution >= 4 is 61.3 Å². The van der Waals surface area contributed by atoms with Crippen molar-refractivity contribution in [2.75, 3.05) is 43.0 Å². The number of carbonyl (C=O) groups excluding carboxylic acids is 3. The number of likely N-dealkylation sites (tertiary alicyclic amines) is 1. The minimum Gasteiger partial charge on any atom is -0.462 e. The van der Waals surface area contributed by atoms with E-state index in [1.165, 1.54) is 47.8 Å². The maximum absolute atomic E-state index is 17.5. The van der Waals surface area contributed by atoms with Crippen LogP contribution < -0.4 is 15.0 Å². The van der Waals surface area contributed by atoms with Gasteiger partial charge in [-0.2, -0.15) is 18.4 Å². The fraction of sp³-hybridized carbons (Fsp3) is 0.423. The zero-order valence-electron chi connectivity index (χ0n) is 41.2. The molecule has 4 aliphatic rings. The van der Waals surface area contributed by atoms with Gasteiger partial charge in [-0.15, -0.1) is 15.6 Å². The van der Waals surface area contributed by atoms with Crippen molar-refractivity contribution < 1.29 is 45.8 Å². The van der Waals surface area contributed by atoms with E-state index in [4.69, 9.17) is 25.6 Å². The van der Waals surface area contributed by atoms with Crippen LogP contribution in [-0.2, 0) is 24.3 Å². The van der Waals surface area contributed by atoms with Gasteiger partial charge >= 0.3 is 18.2 Å². The summed E-state index contributed by atoms with van der Waals surface area (Å²) < 4.78 is 78.4. The molecule has 21 heteroatoms. The Labute approximate surface area is 420 Å². The highest BCUT2D eigenvalue weighted by Crippen LogP contribution is 2.41. The lowest BCUT2D eigenvalue weighted by atomic mass is 9.87. The molecule has 73 heavy (non-hydrogen) atoms. The van der Waals surface area contributed by atoms with Gasteiger partial charge in [0.2, 0.25) is 5.91 Å². The average Bonchev–Trinajstić information content (AvgIpc) is 3.75. The molecule has 18 nitrogen and oxygen atoms in total. The minimum atomic E-state index is -4.09. The van der Waals surface area contributed by atoms with Gasteiger partial charge in [0, 0.05) is 54.9 Å². The van der Waals surface area contributed by atoms with Crippen molar-refractivity contribution in [2.45, 2.75) is 108 Å². The molecule has 2 bridgehead atoms. The summed E-state index contributed by atoms with van der Waals surface area (Å²) in [6.07, 6.45) is 10.6. The van der Waals surface area contributed by atoms with E-state index in [1.807, 2.05) is 25.7 Å². The number of ether oxygens (including phenoxy) is 3. The number of hydrogen-bond acceptors (Lipinski definition) is 14. The van der Waals surface area contributed by atoms with Crippen LogP contribution in [0.4, 0.5) is 29.9 Å². The van der Waals surface area contributed by atoms with Gasteiger partial charge in [-0.1, -0.05) is 30.2 Å². The summed E-state index contributed by atoms with van der Waals surface area (Å²) in [5.74, 6) is 1.19. The SMILES string of the molecule is C#Cc1c(F)ccc2cccc(-c3ncc4c(N5CC6CCC(C5)N6C(=O)OC(C)(C)C)nc(OCC5(C(=O)Nc6ccc(S(=O)(=O)n7cnc(C8CC8)n7)cc6)CCN(C(=O)OC(C)(C)C)C5)nc4c3F)c12. The van der Waals surface area contributed by atoms with Crippen molar-refractivity contribution in [1.82, 2.24) is 38.9 Å². The van der Waals surface area contributed by atoms with Crippen molar-refractivity contribution in [2.24, 2.45) is 5.41 Å². The van der Waals surface area contributed by atoms with Crippen LogP contribution in [-0.4, -0.2) is 122 Å². The molecule has 3 aromatic heterocycles. The molecule has 6 heterocycles. The van der Waals surface area contributed by atoms with Gasteiger partial charge in [-0.3, -0.25) is 14.7 Å². The van der Waals surface area contributed by atoms with Gasteiger partial charge in [-0.05, 0) is 109 Å². The van der Waals surface area contributed by atoms with E-state index >= 15 is 8.78 Å². The van der Waals surface area contributed by atoms with Gasteiger partial charge in [0.1, 0.15) is 52.4 Å². The van der Waals surface area contributed by atoms with Gasteiger partial charge < -0.3 is 29.3 Å². The number of anilines is 2. The fourth-order valence-electron chi connectivity index (χ4n) is 9.81. The Morgan fingerprint density at radius 3 is 2.26 bits per heavy atom. The van der Waals surface area contributed by atoms with E-state index in [-0.39, 0.29) is 93.0 Å². The first-order chi connectivity index (χ1) is 34.6. The number of carbonyl (C=O) groups is 3. The Kier molecular flexibility index (Phi) is 12.3. The number of fused-ring (bicyclic) bond motifs is 4. The number of nitrogens with one attached hydrogen (secondary N) is 1. The summed E-state index contributed by atoms with van der Waals surface area (Å²) in [5.41, 5.74) is -2.96. The number of rotatable bonds is 10. The lowest BCUT2D eigenvalue weighted by molar-refractivity contribution is -0.126. The topological polar surface area (TPSA) is 204 Å². The summed E-state index contributed by atoms with van der Waals surface area (Å²) in [7, 11) is -4.09. The Morgan fingerprint density at radius 1 is 0.890 bits per heavy atom. The number of halogens is 2. The third-order valence-corrected chi connectivity index (χ3v) is 15.0. The molecule has 0 radical (unpaired) electrons. The van der Waals surface area contributed by atoms with Crippen molar-refractivity contribution in [1.29, 1.82) is 0 Å². The maximum Gasteiger partial charge on any atom is 0.410 e. The van der Waals surface area contributed by atoms with Crippen LogP contribution >= 0.6 is 0 Å². The van der Waals surface area contributed by atoms with Crippen LogP contribution in [0.25, 0.3) is 32.9 Å². The second-order valence-corrected chi connectivity index (χ2v) is 22.9. The molecule has 0 spiro atoms. The lowest BCUT2D eigenvalue weighted by Crippen LogP contribution is -2.57. The number of nitrogens with zero attached hydrogens (tertiary/aromatic N) is 9. The van der Waals surface area contributed by atoms with E-state index in [2.05, 4.69) is 31.3 Å². The van der Waals surface area contributed by atoms with Crippen molar-refractivity contribution in [3.8, 4) is 29.6 Å². The van der Waals surface area contributed by atoms with E-state index in [1.54, 1.807) is 49.9 Å². The van der Waals surface area contributed by atoms with Crippen molar-refractivity contribution in [3.63, 3.8) is 0 Å². The first-order valence-electron chi connectivity index (χ1n) is 24.1. The largest absolute Gasteiger partial charge is 0.462 e. The van der Waals surface area contributed by atoms with Crippen LogP contribution in [0.5, 0.6) is 6.01 Å². The zero-order chi connectivity index (χ0) is 51.8. The molecule has 4 fully saturated rings. The Morgan fingerprint density at radius 2 is 1.59 bits per heavy atom. The number of pyridine rings is 1. The Bertz CT molecular complexity index is 3350. The van der Waals surface area contributed by atoms with Gasteiger partial charge in [0.05, 0.1) is 27.9 Å². The second-order valence-electron chi connectivity index (χ2n) is 21.1.